The van der Waals surface area contributed by atoms with Gasteiger partial charge in [-0.2, -0.15) is 5.10 Å². The molecule has 1 unspecified atom stereocenters. The van der Waals surface area contributed by atoms with Crippen molar-refractivity contribution in [3.8, 4) is 0 Å². The van der Waals surface area contributed by atoms with Crippen LogP contribution in [0.4, 0.5) is 0 Å². The maximum Gasteiger partial charge on any atom is 0.326 e. The lowest BCUT2D eigenvalue weighted by molar-refractivity contribution is -0.141. The van der Waals surface area contributed by atoms with E-state index in [4.69, 9.17) is 0 Å². The van der Waals surface area contributed by atoms with Crippen LogP contribution in [0.25, 0.3) is 0 Å². The second kappa shape index (κ2) is 6.07. The summed E-state index contributed by atoms with van der Waals surface area (Å²) >= 11 is 0. The number of amides is 1. The quantitative estimate of drug-likeness (QED) is 0.783. The van der Waals surface area contributed by atoms with Crippen LogP contribution in [0.2, 0.25) is 0 Å². The summed E-state index contributed by atoms with van der Waals surface area (Å²) in [5.41, 5.74) is 1.70. The molecule has 1 atom stereocenters. The molecule has 1 aliphatic carbocycles. The molecule has 1 saturated carbocycles. The molecule has 0 saturated heterocycles. The molecule has 20 heavy (non-hydrogen) atoms. The third-order valence-electron chi connectivity index (χ3n) is 4.03. The van der Waals surface area contributed by atoms with Gasteiger partial charge in [0.05, 0.1) is 11.3 Å². The van der Waals surface area contributed by atoms with Crippen LogP contribution in [0.5, 0.6) is 0 Å². The topological polar surface area (TPSA) is 95.1 Å². The summed E-state index contributed by atoms with van der Waals surface area (Å²) in [7, 11) is 0. The molecule has 1 aliphatic rings. The molecule has 3 N–H and O–H groups in total. The maximum absolute atomic E-state index is 12.3. The number of nitrogens with zero attached hydrogens (tertiary/aromatic N) is 1. The first-order valence-corrected chi connectivity index (χ1v) is 7.06. The molecule has 0 aliphatic heterocycles. The van der Waals surface area contributed by atoms with Crippen LogP contribution < -0.4 is 5.32 Å². The Balaban J connectivity index is 2.12. The molecular weight excluding hydrogens is 258 g/mol. The van der Waals surface area contributed by atoms with Gasteiger partial charge in [-0.05, 0) is 32.6 Å². The van der Waals surface area contributed by atoms with Crippen molar-refractivity contribution in [3.05, 3.63) is 17.0 Å². The molecule has 0 radical (unpaired) electrons. The first-order valence-electron chi connectivity index (χ1n) is 7.06. The SMILES string of the molecule is Cc1n[nH]c(C)c1C(=O)NC(C(=O)O)C1CCCCC1. The summed E-state index contributed by atoms with van der Waals surface area (Å²) in [6.45, 7) is 3.49. The normalized spacial score (nSPS) is 17.7. The molecule has 0 spiro atoms. The molecular formula is C14H21N3O3. The fourth-order valence-electron chi connectivity index (χ4n) is 2.95. The minimum atomic E-state index is -0.955. The van der Waals surface area contributed by atoms with Crippen molar-refractivity contribution in [2.24, 2.45) is 5.92 Å². The van der Waals surface area contributed by atoms with Gasteiger partial charge >= 0.3 is 5.97 Å². The van der Waals surface area contributed by atoms with Crippen LogP contribution in [0.3, 0.4) is 0 Å². The predicted molar refractivity (Wildman–Crippen MR) is 73.5 cm³/mol. The fraction of sp³-hybridized carbons (Fsp3) is 0.643. The molecule has 6 nitrogen and oxygen atoms in total. The average Bonchev–Trinajstić information content (AvgIpc) is 2.76. The van der Waals surface area contributed by atoms with Gasteiger partial charge in [-0.15, -0.1) is 0 Å². The Morgan fingerprint density at radius 3 is 2.45 bits per heavy atom. The number of nitrogens with one attached hydrogen (secondary N) is 2. The van der Waals surface area contributed by atoms with Crippen molar-refractivity contribution in [2.75, 3.05) is 0 Å². The second-order valence-electron chi connectivity index (χ2n) is 5.50. The van der Waals surface area contributed by atoms with E-state index >= 15 is 0 Å². The number of rotatable bonds is 4. The molecule has 1 fully saturated rings. The van der Waals surface area contributed by atoms with Gasteiger partial charge in [-0.25, -0.2) is 4.79 Å². The van der Waals surface area contributed by atoms with Gasteiger partial charge in [-0.3, -0.25) is 9.89 Å². The van der Waals surface area contributed by atoms with E-state index in [1.807, 2.05) is 0 Å². The van der Waals surface area contributed by atoms with Crippen molar-refractivity contribution in [3.63, 3.8) is 0 Å². The summed E-state index contributed by atoms with van der Waals surface area (Å²) in [5.74, 6) is -1.28. The number of hydrogen-bond donors (Lipinski definition) is 3. The number of carboxylic acids is 1. The van der Waals surface area contributed by atoms with Crippen LogP contribution in [-0.4, -0.2) is 33.2 Å². The lowest BCUT2D eigenvalue weighted by Gasteiger charge is -2.28. The number of aliphatic carboxylic acids is 1. The lowest BCUT2D eigenvalue weighted by Crippen LogP contribution is -2.46. The number of carbonyl (C=O) groups excluding carboxylic acids is 1. The second-order valence-corrected chi connectivity index (χ2v) is 5.50. The van der Waals surface area contributed by atoms with Crippen molar-refractivity contribution in [2.45, 2.75) is 52.0 Å². The Hall–Kier alpha value is -1.85. The van der Waals surface area contributed by atoms with E-state index in [2.05, 4.69) is 15.5 Å². The van der Waals surface area contributed by atoms with E-state index in [0.717, 1.165) is 32.1 Å². The zero-order valence-electron chi connectivity index (χ0n) is 11.9. The van der Waals surface area contributed by atoms with Crippen LogP contribution in [0.1, 0.15) is 53.8 Å². The predicted octanol–water partition coefficient (Wildman–Crippen LogP) is 1.79. The summed E-state index contributed by atoms with van der Waals surface area (Å²) in [4.78, 5) is 23.7. The molecule has 1 amide bonds. The average molecular weight is 279 g/mol. The first-order chi connectivity index (χ1) is 9.50. The molecule has 2 rings (SSSR count). The number of hydrogen-bond acceptors (Lipinski definition) is 3. The van der Waals surface area contributed by atoms with Crippen LogP contribution in [0, 0.1) is 19.8 Å². The Bertz CT molecular complexity index is 484. The zero-order valence-corrected chi connectivity index (χ0v) is 11.9. The highest BCUT2D eigenvalue weighted by molar-refractivity contribution is 5.98. The number of aryl methyl sites for hydroxylation is 2. The molecule has 0 bridgehead atoms. The van der Waals surface area contributed by atoms with Crippen molar-refractivity contribution >= 4 is 11.9 Å². The van der Waals surface area contributed by atoms with Gasteiger partial charge in [0.25, 0.3) is 5.91 Å². The fourth-order valence-corrected chi connectivity index (χ4v) is 2.95. The number of H-pyrrole nitrogens is 1. The van der Waals surface area contributed by atoms with E-state index in [1.54, 1.807) is 13.8 Å². The van der Waals surface area contributed by atoms with E-state index in [0.29, 0.717) is 17.0 Å². The summed E-state index contributed by atoms with van der Waals surface area (Å²) in [6.07, 6.45) is 4.94. The summed E-state index contributed by atoms with van der Waals surface area (Å²) in [6, 6.07) is -0.809. The highest BCUT2D eigenvalue weighted by atomic mass is 16.4. The molecule has 6 heteroatoms. The maximum atomic E-state index is 12.3. The minimum absolute atomic E-state index is 0.0257. The van der Waals surface area contributed by atoms with E-state index < -0.39 is 12.0 Å². The Morgan fingerprint density at radius 2 is 1.95 bits per heavy atom. The standard InChI is InChI=1S/C14H21N3O3/c1-8-11(9(2)17-16-8)13(18)15-12(14(19)20)10-6-4-3-5-7-10/h10,12H,3-7H2,1-2H3,(H,15,18)(H,16,17)(H,19,20). The van der Waals surface area contributed by atoms with Crippen molar-refractivity contribution < 1.29 is 14.7 Å². The summed E-state index contributed by atoms with van der Waals surface area (Å²) < 4.78 is 0. The molecule has 1 heterocycles. The van der Waals surface area contributed by atoms with Crippen molar-refractivity contribution in [1.29, 1.82) is 0 Å². The van der Waals surface area contributed by atoms with E-state index in [1.165, 1.54) is 0 Å². The minimum Gasteiger partial charge on any atom is -0.480 e. The lowest BCUT2D eigenvalue weighted by atomic mass is 9.84. The highest BCUT2D eigenvalue weighted by Crippen LogP contribution is 2.27. The van der Waals surface area contributed by atoms with Gasteiger partial charge in [0.2, 0.25) is 0 Å². The van der Waals surface area contributed by atoms with Crippen LogP contribution in [-0.2, 0) is 4.79 Å². The van der Waals surface area contributed by atoms with Crippen LogP contribution in [0.15, 0.2) is 0 Å². The van der Waals surface area contributed by atoms with Gasteiger partial charge in [0.15, 0.2) is 0 Å². The zero-order chi connectivity index (χ0) is 14.7. The highest BCUT2D eigenvalue weighted by Gasteiger charge is 2.31. The largest absolute Gasteiger partial charge is 0.480 e. The monoisotopic (exact) mass is 279 g/mol. The number of carbonyl (C=O) groups is 2. The first kappa shape index (κ1) is 14.6. The Kier molecular flexibility index (Phi) is 4.42. The summed E-state index contributed by atoms with van der Waals surface area (Å²) in [5, 5.41) is 18.8. The molecule has 0 aromatic carbocycles. The molecule has 110 valence electrons. The van der Waals surface area contributed by atoms with Gasteiger partial charge in [-0.1, -0.05) is 19.3 Å². The molecule has 1 aromatic rings. The molecule has 1 aromatic heterocycles. The van der Waals surface area contributed by atoms with Crippen LogP contribution >= 0.6 is 0 Å². The van der Waals surface area contributed by atoms with E-state index in [-0.39, 0.29) is 11.8 Å². The number of aromatic amines is 1. The number of aromatic nitrogens is 2. The van der Waals surface area contributed by atoms with Gasteiger partial charge < -0.3 is 10.4 Å². The smallest absolute Gasteiger partial charge is 0.326 e. The van der Waals surface area contributed by atoms with Crippen molar-refractivity contribution in [1.82, 2.24) is 15.5 Å². The van der Waals surface area contributed by atoms with E-state index in [9.17, 15) is 14.7 Å². The third-order valence-corrected chi connectivity index (χ3v) is 4.03. The third kappa shape index (κ3) is 3.00. The van der Waals surface area contributed by atoms with Gasteiger partial charge in [0.1, 0.15) is 6.04 Å². The van der Waals surface area contributed by atoms with Gasteiger partial charge in [0, 0.05) is 5.69 Å². The number of carboxylic acid groups (broad SMARTS) is 1. The Labute approximate surface area is 118 Å². The Morgan fingerprint density at radius 1 is 1.30 bits per heavy atom.